The first-order valence-electron chi connectivity index (χ1n) is 5.86. The number of hydrogen-bond donors (Lipinski definition) is 1. The Kier molecular flexibility index (Phi) is 7.18. The second-order valence-electron chi connectivity index (χ2n) is 4.29. The fourth-order valence-corrected chi connectivity index (χ4v) is 2.50. The molecule has 1 N–H and O–H groups in total. The van der Waals surface area contributed by atoms with Crippen molar-refractivity contribution in [2.24, 2.45) is 5.92 Å². The zero-order valence-corrected chi connectivity index (χ0v) is 11.2. The fraction of sp³-hybridized carbons (Fsp3) is 1.00. The lowest BCUT2D eigenvalue weighted by Gasteiger charge is -2.16. The molecule has 0 saturated carbocycles. The lowest BCUT2D eigenvalue weighted by Crippen LogP contribution is -2.26. The maximum atomic E-state index is 11.6. The Balaban J connectivity index is 4.00. The molecule has 1 atom stereocenters. The molecule has 0 aromatic heterocycles. The van der Waals surface area contributed by atoms with E-state index in [1.54, 1.807) is 13.8 Å². The Labute approximate surface area is 94.6 Å². The smallest absolute Gasteiger partial charge is 0.152 e. The van der Waals surface area contributed by atoms with Crippen molar-refractivity contribution in [2.45, 2.75) is 45.8 Å². The van der Waals surface area contributed by atoms with Crippen molar-refractivity contribution in [3.63, 3.8) is 0 Å². The predicted octanol–water partition coefficient (Wildman–Crippen LogP) is 1.84. The van der Waals surface area contributed by atoms with E-state index in [2.05, 4.69) is 19.2 Å². The third-order valence-corrected chi connectivity index (χ3v) is 5.03. The van der Waals surface area contributed by atoms with E-state index in [0.717, 1.165) is 25.9 Å². The maximum absolute atomic E-state index is 11.6. The van der Waals surface area contributed by atoms with Crippen molar-refractivity contribution in [3.8, 4) is 0 Å². The third kappa shape index (κ3) is 6.15. The van der Waals surface area contributed by atoms with E-state index in [1.807, 2.05) is 0 Å². The minimum atomic E-state index is -2.86. The van der Waals surface area contributed by atoms with Gasteiger partial charge in [0.25, 0.3) is 0 Å². The Morgan fingerprint density at radius 2 is 1.80 bits per heavy atom. The highest BCUT2D eigenvalue weighted by Crippen LogP contribution is 2.11. The molecule has 15 heavy (non-hydrogen) atoms. The van der Waals surface area contributed by atoms with Crippen LogP contribution in [0.5, 0.6) is 0 Å². The van der Waals surface area contributed by atoms with Gasteiger partial charge in [0.2, 0.25) is 0 Å². The summed E-state index contributed by atoms with van der Waals surface area (Å²) in [6.45, 7) is 9.57. The van der Waals surface area contributed by atoms with Gasteiger partial charge in [-0.05, 0) is 39.3 Å². The van der Waals surface area contributed by atoms with Crippen molar-refractivity contribution >= 4 is 9.84 Å². The van der Waals surface area contributed by atoms with Gasteiger partial charge in [0.05, 0.1) is 11.0 Å². The van der Waals surface area contributed by atoms with Gasteiger partial charge in [-0.2, -0.15) is 0 Å². The lowest BCUT2D eigenvalue weighted by atomic mass is 10.0. The summed E-state index contributed by atoms with van der Waals surface area (Å²) in [6.07, 6.45) is 1.82. The SMILES string of the molecule is CCNCC(CC)CCS(=O)(=O)C(C)C. The van der Waals surface area contributed by atoms with E-state index >= 15 is 0 Å². The highest BCUT2D eigenvalue weighted by Gasteiger charge is 2.17. The van der Waals surface area contributed by atoms with Gasteiger partial charge in [0.1, 0.15) is 0 Å². The Bertz CT molecular complexity index is 247. The molecule has 0 saturated heterocycles. The molecule has 0 amide bonds. The summed E-state index contributed by atoms with van der Waals surface area (Å²) in [7, 11) is -2.86. The molecule has 4 heteroatoms. The van der Waals surface area contributed by atoms with Crippen LogP contribution in [0.2, 0.25) is 0 Å². The highest BCUT2D eigenvalue weighted by atomic mass is 32.2. The van der Waals surface area contributed by atoms with E-state index in [9.17, 15) is 8.42 Å². The Morgan fingerprint density at radius 3 is 2.20 bits per heavy atom. The summed E-state index contributed by atoms with van der Waals surface area (Å²) in [5.41, 5.74) is 0. The molecule has 0 aliphatic rings. The van der Waals surface area contributed by atoms with Crippen LogP contribution in [-0.4, -0.2) is 32.5 Å². The van der Waals surface area contributed by atoms with Gasteiger partial charge < -0.3 is 5.32 Å². The van der Waals surface area contributed by atoms with Gasteiger partial charge in [-0.25, -0.2) is 8.42 Å². The highest BCUT2D eigenvalue weighted by molar-refractivity contribution is 7.91. The van der Waals surface area contributed by atoms with Crippen molar-refractivity contribution in [1.82, 2.24) is 5.32 Å². The number of nitrogens with one attached hydrogen (secondary N) is 1. The molecule has 0 bridgehead atoms. The van der Waals surface area contributed by atoms with E-state index < -0.39 is 9.84 Å². The first-order valence-corrected chi connectivity index (χ1v) is 7.57. The Morgan fingerprint density at radius 1 is 1.20 bits per heavy atom. The normalized spacial score (nSPS) is 14.5. The van der Waals surface area contributed by atoms with E-state index in [0.29, 0.717) is 11.7 Å². The number of hydrogen-bond acceptors (Lipinski definition) is 3. The van der Waals surface area contributed by atoms with Gasteiger partial charge >= 0.3 is 0 Å². The lowest BCUT2D eigenvalue weighted by molar-refractivity contribution is 0.454. The summed E-state index contributed by atoms with van der Waals surface area (Å²) >= 11 is 0. The number of rotatable bonds is 8. The maximum Gasteiger partial charge on any atom is 0.152 e. The molecule has 0 fully saturated rings. The van der Waals surface area contributed by atoms with Crippen molar-refractivity contribution in [3.05, 3.63) is 0 Å². The molecule has 0 aliphatic carbocycles. The summed E-state index contributed by atoms with van der Waals surface area (Å²) in [6, 6.07) is 0. The molecule has 0 aromatic carbocycles. The van der Waals surface area contributed by atoms with E-state index in [-0.39, 0.29) is 5.25 Å². The van der Waals surface area contributed by atoms with Crippen LogP contribution in [0.4, 0.5) is 0 Å². The molecular formula is C11H25NO2S. The minimum absolute atomic E-state index is 0.242. The molecule has 0 aliphatic heterocycles. The minimum Gasteiger partial charge on any atom is -0.317 e. The predicted molar refractivity (Wildman–Crippen MR) is 65.9 cm³/mol. The third-order valence-electron chi connectivity index (χ3n) is 2.79. The summed E-state index contributed by atoms with van der Waals surface area (Å²) < 4.78 is 23.2. The quantitative estimate of drug-likeness (QED) is 0.698. The second-order valence-corrected chi connectivity index (χ2v) is 6.96. The van der Waals surface area contributed by atoms with Crippen molar-refractivity contribution < 1.29 is 8.42 Å². The first-order chi connectivity index (χ1) is 6.94. The van der Waals surface area contributed by atoms with Crippen molar-refractivity contribution in [1.29, 1.82) is 0 Å². The number of sulfone groups is 1. The average molecular weight is 235 g/mol. The summed E-state index contributed by atoms with van der Waals surface area (Å²) in [5.74, 6) is 0.813. The van der Waals surface area contributed by atoms with Gasteiger partial charge in [0, 0.05) is 0 Å². The first kappa shape index (κ1) is 14.9. The summed E-state index contributed by atoms with van der Waals surface area (Å²) in [5, 5.41) is 3.03. The zero-order chi connectivity index (χ0) is 11.9. The molecule has 0 heterocycles. The second kappa shape index (κ2) is 7.23. The van der Waals surface area contributed by atoms with Crippen LogP contribution in [0.15, 0.2) is 0 Å². The molecule has 1 unspecified atom stereocenters. The largest absolute Gasteiger partial charge is 0.317 e. The van der Waals surface area contributed by atoms with Crippen LogP contribution in [0.1, 0.15) is 40.5 Å². The van der Waals surface area contributed by atoms with Gasteiger partial charge in [-0.1, -0.05) is 20.3 Å². The van der Waals surface area contributed by atoms with Crippen LogP contribution in [0, 0.1) is 5.92 Å². The molecular weight excluding hydrogens is 210 g/mol. The van der Waals surface area contributed by atoms with Crippen LogP contribution < -0.4 is 5.32 Å². The average Bonchev–Trinajstić information content (AvgIpc) is 2.18. The van der Waals surface area contributed by atoms with Crippen LogP contribution in [0.3, 0.4) is 0 Å². The molecule has 0 radical (unpaired) electrons. The van der Waals surface area contributed by atoms with Gasteiger partial charge in [-0.15, -0.1) is 0 Å². The van der Waals surface area contributed by atoms with E-state index in [4.69, 9.17) is 0 Å². The Hall–Kier alpha value is -0.0900. The van der Waals surface area contributed by atoms with Crippen molar-refractivity contribution in [2.75, 3.05) is 18.8 Å². The molecule has 92 valence electrons. The van der Waals surface area contributed by atoms with Gasteiger partial charge in [-0.3, -0.25) is 0 Å². The molecule has 0 aromatic rings. The van der Waals surface area contributed by atoms with Gasteiger partial charge in [0.15, 0.2) is 9.84 Å². The molecule has 0 rings (SSSR count). The monoisotopic (exact) mass is 235 g/mol. The molecule has 3 nitrogen and oxygen atoms in total. The topological polar surface area (TPSA) is 46.2 Å². The standard InChI is InChI=1S/C11H25NO2S/c1-5-11(9-12-6-2)7-8-15(13,14)10(3)4/h10-12H,5-9H2,1-4H3. The summed E-state index contributed by atoms with van der Waals surface area (Å²) in [4.78, 5) is 0. The van der Waals surface area contributed by atoms with Crippen LogP contribution >= 0.6 is 0 Å². The van der Waals surface area contributed by atoms with Crippen LogP contribution in [-0.2, 0) is 9.84 Å². The van der Waals surface area contributed by atoms with Crippen LogP contribution in [0.25, 0.3) is 0 Å². The zero-order valence-electron chi connectivity index (χ0n) is 10.4. The van der Waals surface area contributed by atoms with E-state index in [1.165, 1.54) is 0 Å². The fourth-order valence-electron chi connectivity index (χ4n) is 1.37. The molecule has 0 spiro atoms.